The quantitative estimate of drug-likeness (QED) is 0.560. The highest BCUT2D eigenvalue weighted by Gasteiger charge is 2.45. The molecule has 1 unspecified atom stereocenters. The lowest BCUT2D eigenvalue weighted by Gasteiger charge is -2.39. The Labute approximate surface area is 196 Å². The molecule has 1 atom stereocenters. The molecule has 0 saturated carbocycles. The molecule has 0 amide bonds. The van der Waals surface area contributed by atoms with Crippen LogP contribution in [0.3, 0.4) is 0 Å². The normalized spacial score (nSPS) is 20.3. The Morgan fingerprint density at radius 3 is 2.56 bits per heavy atom. The summed E-state index contributed by atoms with van der Waals surface area (Å²) in [5, 5.41) is 18.9. The maximum Gasteiger partial charge on any atom is 0.282 e. The van der Waals surface area contributed by atoms with Crippen molar-refractivity contribution in [2.75, 3.05) is 41.3 Å². The topological polar surface area (TPSA) is 95.2 Å². The zero-order chi connectivity index (χ0) is 24.1. The molecule has 0 bridgehead atoms. The number of anilines is 4. The van der Waals surface area contributed by atoms with Crippen molar-refractivity contribution in [2.45, 2.75) is 57.6 Å². The van der Waals surface area contributed by atoms with Crippen LogP contribution in [0.15, 0.2) is 24.5 Å². The molecule has 11 heteroatoms. The highest BCUT2D eigenvalue weighted by molar-refractivity contribution is 5.92. The molecule has 5 heterocycles. The molecule has 182 valence electrons. The van der Waals surface area contributed by atoms with E-state index in [9.17, 15) is 13.9 Å². The minimum atomic E-state index is -2.67. The average Bonchev–Trinajstić information content (AvgIpc) is 3.15. The molecule has 2 saturated heterocycles. The zero-order valence-electron chi connectivity index (χ0n) is 19.7. The predicted molar refractivity (Wildman–Crippen MR) is 127 cm³/mol. The van der Waals surface area contributed by atoms with Crippen LogP contribution in [0.2, 0.25) is 0 Å². The Bertz CT molecular complexity index is 1180. The standard InChI is InChI=1S/C23H30F2N8O/c1-4-15(2)33-17-11-19(27-12-16(17)20(30-33)32-13-23(24,25)14-32)28-18-5-8-26-21(29-18)31-9-6-22(3,34)7-10-31/h5,8,11-12,15,34H,4,6-7,9-10,13-14H2,1-3H3,(H,26,27,28,29). The van der Waals surface area contributed by atoms with E-state index < -0.39 is 11.5 Å². The SMILES string of the molecule is CCC(C)n1nc(N2CC(F)(F)C2)c2cnc(Nc3ccnc(N4CCC(C)(O)CC4)n3)cc21. The third kappa shape index (κ3) is 4.36. The second-order valence-corrected chi connectivity index (χ2v) is 9.68. The van der Waals surface area contributed by atoms with Gasteiger partial charge in [0.1, 0.15) is 11.6 Å². The van der Waals surface area contributed by atoms with Gasteiger partial charge in [0.05, 0.1) is 29.6 Å². The lowest BCUT2D eigenvalue weighted by atomic mass is 9.94. The first kappa shape index (κ1) is 22.7. The Kier molecular flexibility index (Phi) is 5.54. The van der Waals surface area contributed by atoms with E-state index >= 15 is 0 Å². The van der Waals surface area contributed by atoms with Crippen LogP contribution < -0.4 is 15.1 Å². The molecule has 5 rings (SSSR count). The fraction of sp³-hybridized carbons (Fsp3) is 0.565. The van der Waals surface area contributed by atoms with Crippen LogP contribution in [-0.4, -0.2) is 67.5 Å². The number of nitrogens with zero attached hydrogens (tertiary/aromatic N) is 7. The van der Waals surface area contributed by atoms with Crippen LogP contribution in [-0.2, 0) is 0 Å². The van der Waals surface area contributed by atoms with Crippen molar-refractivity contribution < 1.29 is 13.9 Å². The first-order valence-electron chi connectivity index (χ1n) is 11.7. The molecule has 2 aliphatic rings. The van der Waals surface area contributed by atoms with Crippen LogP contribution in [0.5, 0.6) is 0 Å². The minimum Gasteiger partial charge on any atom is -0.390 e. The number of hydrogen-bond donors (Lipinski definition) is 2. The second kappa shape index (κ2) is 8.30. The zero-order valence-corrected chi connectivity index (χ0v) is 19.7. The number of fused-ring (bicyclic) bond motifs is 1. The Morgan fingerprint density at radius 2 is 1.88 bits per heavy atom. The number of pyridine rings is 1. The molecular formula is C23H30F2N8O. The van der Waals surface area contributed by atoms with Gasteiger partial charge in [-0.3, -0.25) is 4.68 Å². The van der Waals surface area contributed by atoms with Crippen molar-refractivity contribution in [1.29, 1.82) is 0 Å². The number of alkyl halides is 2. The van der Waals surface area contributed by atoms with Gasteiger partial charge in [0, 0.05) is 37.6 Å². The Morgan fingerprint density at radius 1 is 1.15 bits per heavy atom. The fourth-order valence-electron chi connectivity index (χ4n) is 4.38. The molecule has 0 aromatic carbocycles. The number of aromatic nitrogens is 5. The molecule has 2 aliphatic heterocycles. The van der Waals surface area contributed by atoms with Gasteiger partial charge in [-0.1, -0.05) is 6.92 Å². The van der Waals surface area contributed by atoms with Gasteiger partial charge in [-0.2, -0.15) is 10.1 Å². The van der Waals surface area contributed by atoms with Gasteiger partial charge in [0.15, 0.2) is 5.82 Å². The lowest BCUT2D eigenvalue weighted by molar-refractivity contribution is -0.0266. The summed E-state index contributed by atoms with van der Waals surface area (Å²) in [4.78, 5) is 17.2. The minimum absolute atomic E-state index is 0.107. The predicted octanol–water partition coefficient (Wildman–Crippen LogP) is 3.74. The number of nitrogens with one attached hydrogen (secondary N) is 1. The number of piperidine rings is 1. The Balaban J connectivity index is 1.40. The summed E-state index contributed by atoms with van der Waals surface area (Å²) >= 11 is 0. The summed E-state index contributed by atoms with van der Waals surface area (Å²) in [7, 11) is 0. The van der Waals surface area contributed by atoms with Crippen molar-refractivity contribution in [3.05, 3.63) is 24.5 Å². The summed E-state index contributed by atoms with van der Waals surface area (Å²) in [5.41, 5.74) is 0.194. The maximum atomic E-state index is 13.5. The number of rotatable bonds is 6. The van der Waals surface area contributed by atoms with E-state index in [1.807, 2.05) is 17.7 Å². The third-order valence-electron chi connectivity index (χ3n) is 6.75. The van der Waals surface area contributed by atoms with Gasteiger partial charge in [0.25, 0.3) is 5.92 Å². The molecule has 34 heavy (non-hydrogen) atoms. The molecular weight excluding hydrogens is 442 g/mol. The van der Waals surface area contributed by atoms with E-state index in [1.165, 1.54) is 0 Å². The van der Waals surface area contributed by atoms with Crippen molar-refractivity contribution in [3.63, 3.8) is 0 Å². The van der Waals surface area contributed by atoms with Gasteiger partial charge in [-0.05, 0) is 39.2 Å². The first-order valence-corrected chi connectivity index (χ1v) is 11.7. The summed E-state index contributed by atoms with van der Waals surface area (Å²) in [5.74, 6) is -0.330. The fourth-order valence-corrected chi connectivity index (χ4v) is 4.38. The number of hydrogen-bond acceptors (Lipinski definition) is 8. The number of halogens is 2. The van der Waals surface area contributed by atoms with Gasteiger partial charge in [0.2, 0.25) is 5.95 Å². The van der Waals surface area contributed by atoms with Crippen LogP contribution >= 0.6 is 0 Å². The van der Waals surface area contributed by atoms with Gasteiger partial charge in [-0.25, -0.2) is 18.7 Å². The summed E-state index contributed by atoms with van der Waals surface area (Å²) in [6.45, 7) is 6.71. The van der Waals surface area contributed by atoms with Crippen molar-refractivity contribution in [1.82, 2.24) is 24.7 Å². The molecule has 9 nitrogen and oxygen atoms in total. The van der Waals surface area contributed by atoms with E-state index in [2.05, 4.69) is 44.1 Å². The lowest BCUT2D eigenvalue weighted by Crippen LogP contribution is -2.56. The maximum absolute atomic E-state index is 13.5. The molecule has 0 aliphatic carbocycles. The van der Waals surface area contributed by atoms with E-state index in [1.54, 1.807) is 23.4 Å². The van der Waals surface area contributed by atoms with E-state index in [4.69, 9.17) is 0 Å². The molecule has 3 aromatic rings. The van der Waals surface area contributed by atoms with Gasteiger partial charge in [-0.15, -0.1) is 0 Å². The largest absolute Gasteiger partial charge is 0.390 e. The molecule has 0 radical (unpaired) electrons. The molecule has 2 fully saturated rings. The summed E-state index contributed by atoms with van der Waals surface area (Å²) in [6, 6.07) is 3.76. The third-order valence-corrected chi connectivity index (χ3v) is 6.75. The average molecular weight is 473 g/mol. The molecule has 2 N–H and O–H groups in total. The van der Waals surface area contributed by atoms with Crippen LogP contribution in [0, 0.1) is 0 Å². The molecule has 0 spiro atoms. The van der Waals surface area contributed by atoms with E-state index in [0.717, 1.165) is 17.3 Å². The number of aliphatic hydroxyl groups is 1. The highest BCUT2D eigenvalue weighted by atomic mass is 19.3. The van der Waals surface area contributed by atoms with Crippen molar-refractivity contribution in [2.24, 2.45) is 0 Å². The summed E-state index contributed by atoms with van der Waals surface area (Å²) in [6.07, 6.45) is 5.56. The van der Waals surface area contributed by atoms with Crippen molar-refractivity contribution in [3.8, 4) is 0 Å². The van der Waals surface area contributed by atoms with E-state index in [0.29, 0.717) is 49.3 Å². The van der Waals surface area contributed by atoms with Gasteiger partial charge < -0.3 is 20.2 Å². The monoisotopic (exact) mass is 472 g/mol. The Hall–Kier alpha value is -3.08. The van der Waals surface area contributed by atoms with Crippen LogP contribution in [0.4, 0.5) is 32.2 Å². The summed E-state index contributed by atoms with van der Waals surface area (Å²) < 4.78 is 28.9. The van der Waals surface area contributed by atoms with Crippen molar-refractivity contribution >= 4 is 34.3 Å². The highest BCUT2D eigenvalue weighted by Crippen LogP contribution is 2.37. The van der Waals surface area contributed by atoms with Gasteiger partial charge >= 0.3 is 0 Å². The smallest absolute Gasteiger partial charge is 0.282 e. The van der Waals surface area contributed by atoms with Crippen LogP contribution in [0.1, 0.15) is 46.1 Å². The molecule has 3 aromatic heterocycles. The first-order chi connectivity index (χ1) is 16.1. The van der Waals surface area contributed by atoms with E-state index in [-0.39, 0.29) is 19.1 Å². The second-order valence-electron chi connectivity index (χ2n) is 9.68. The van der Waals surface area contributed by atoms with Crippen LogP contribution in [0.25, 0.3) is 10.9 Å².